The minimum absolute atomic E-state index is 0.247. The lowest BCUT2D eigenvalue weighted by atomic mass is 10.1. The normalized spacial score (nSPS) is 12.2. The number of para-hydroxylation sites is 4. The second kappa shape index (κ2) is 30.5. The maximum atomic E-state index is 12.3. The number of rotatable bonds is 18. The van der Waals surface area contributed by atoms with Crippen LogP contribution in [-0.2, 0) is 61.0 Å². The number of aromatic nitrogens is 20. The minimum Gasteiger partial charge on any atom is -0.489 e. The van der Waals surface area contributed by atoms with Crippen molar-refractivity contribution in [3.63, 3.8) is 0 Å². The van der Waals surface area contributed by atoms with Gasteiger partial charge in [-0.1, -0.05) is 79.6 Å². The summed E-state index contributed by atoms with van der Waals surface area (Å²) < 4.78 is 64.7. The summed E-state index contributed by atoms with van der Waals surface area (Å²) in [4.78, 5) is 65.5. The molecule has 0 bridgehead atoms. The topological polar surface area (TPSA) is 299 Å². The number of halogens is 1. The van der Waals surface area contributed by atoms with Crippen molar-refractivity contribution in [1.82, 2.24) is 99.1 Å². The molecule has 29 heteroatoms. The Morgan fingerprint density at radius 2 is 0.737 bits per heavy atom. The molecule has 0 aliphatic heterocycles. The number of ether oxygens (including phenoxy) is 4. The zero-order valence-electron chi connectivity index (χ0n) is 57.7. The Morgan fingerprint density at radius 1 is 0.411 bits per heavy atom. The van der Waals surface area contributed by atoms with Gasteiger partial charge in [-0.2, -0.15) is 37.5 Å². The summed E-state index contributed by atoms with van der Waals surface area (Å²) in [5.74, 6) is 3.25. The molecule has 1 saturated carbocycles. The first-order valence-corrected chi connectivity index (χ1v) is 30.8. The van der Waals surface area contributed by atoms with Crippen LogP contribution in [0.1, 0.15) is 92.4 Å². The second-order valence-electron chi connectivity index (χ2n) is 21.8. The third-order valence-corrected chi connectivity index (χ3v) is 16.1. The van der Waals surface area contributed by atoms with Gasteiger partial charge in [0.15, 0.2) is 0 Å². The smallest absolute Gasteiger partial charge is 0.368 e. The van der Waals surface area contributed by atoms with Crippen molar-refractivity contribution in [1.29, 1.82) is 0 Å². The molecule has 12 aromatic rings. The van der Waals surface area contributed by atoms with Gasteiger partial charge in [-0.15, -0.1) is 0 Å². The van der Waals surface area contributed by atoms with E-state index in [0.29, 0.717) is 76.7 Å². The Bertz CT molecular complexity index is 5000. The van der Waals surface area contributed by atoms with Gasteiger partial charge in [-0.3, -0.25) is 19.9 Å². The van der Waals surface area contributed by atoms with Crippen molar-refractivity contribution >= 4 is 22.6 Å². The molecule has 28 nitrogen and oxygen atoms in total. The standard InChI is InChI=1S/C18H19N5O2.C17H19N5O2.C16H17N5O2.C15H14IN5O2/c1-12-5-3-4-6-17(12)25-11-15-14(13-7-8-13)9-19-10-16(15)23-18(24)22(2)20-21-23;1-4-13-9-18-10-15(22-17(23)21(3)19-20-22)14(13)11-24-16-8-6-5-7-12(16)2;1-11-6-4-5-7-15(11)23-10-13-12(2)8-17-9-14(13)21-16(22)20(3)18-19-21;1-10-5-3-4-6-14(10)23-9-11-12(16)7-17-8-13(11)21-15(22)20(2)18-19-21/h3-6,9-10,13H,7-8,11H2,1-2H3;5-10H,4,11H2,1-3H3;4-9H,10H2,1-3H3;3-8H,9H2,1-2H3/i3T;5T;4T;3T. The highest BCUT2D eigenvalue weighted by Gasteiger charge is 2.29. The molecule has 0 amide bonds. The number of tetrazole rings is 4. The van der Waals surface area contributed by atoms with Crippen molar-refractivity contribution in [3.05, 3.63) is 253 Å². The van der Waals surface area contributed by atoms with Crippen molar-refractivity contribution in [2.75, 3.05) is 0 Å². The Balaban J connectivity index is 0.000000143. The Labute approximate surface area is 563 Å². The van der Waals surface area contributed by atoms with E-state index in [4.69, 9.17) is 24.4 Å². The van der Waals surface area contributed by atoms with Gasteiger partial charge in [0.2, 0.25) is 0 Å². The molecular weight excluding hydrogens is 1330 g/mol. The number of aryl methyl sites for hydroxylation is 10. The number of hydrogen-bond acceptors (Lipinski definition) is 20. The van der Waals surface area contributed by atoms with Crippen LogP contribution in [0.3, 0.4) is 0 Å². The summed E-state index contributed by atoms with van der Waals surface area (Å²) in [6, 6.07) is 22.6. The first kappa shape index (κ1) is 61.4. The van der Waals surface area contributed by atoms with Gasteiger partial charge in [-0.05, 0) is 187 Å². The molecule has 1 fully saturated rings. The van der Waals surface area contributed by atoms with E-state index < -0.39 is 0 Å². The summed E-state index contributed by atoms with van der Waals surface area (Å²) in [6.45, 7) is 12.6. The zero-order valence-corrected chi connectivity index (χ0v) is 55.8. The molecule has 4 aromatic carbocycles. The van der Waals surface area contributed by atoms with Crippen molar-refractivity contribution in [2.24, 2.45) is 28.2 Å². The lowest BCUT2D eigenvalue weighted by molar-refractivity contribution is 0.302. The molecule has 1 aliphatic rings. The predicted octanol–water partition coefficient (Wildman–Crippen LogP) is 7.35. The van der Waals surface area contributed by atoms with E-state index in [0.717, 1.165) is 99.1 Å². The Kier molecular flexibility index (Phi) is 19.7. The van der Waals surface area contributed by atoms with Crippen LogP contribution in [0, 0.1) is 38.2 Å². The lowest BCUT2D eigenvalue weighted by Gasteiger charge is -2.15. The number of hydrogen-bond donors (Lipinski definition) is 0. The van der Waals surface area contributed by atoms with Crippen molar-refractivity contribution < 1.29 is 24.4 Å². The summed E-state index contributed by atoms with van der Waals surface area (Å²) in [5, 5.41) is 30.6. The van der Waals surface area contributed by atoms with E-state index in [2.05, 4.69) is 84.2 Å². The molecule has 13 rings (SSSR count). The predicted molar refractivity (Wildman–Crippen MR) is 358 cm³/mol. The van der Waals surface area contributed by atoms with Crippen molar-refractivity contribution in [2.45, 2.75) is 93.2 Å². The molecular formula is C66H69IN20O8. The molecule has 0 spiro atoms. The maximum Gasteiger partial charge on any atom is 0.368 e. The fourth-order valence-corrected chi connectivity index (χ4v) is 10.2. The maximum absolute atomic E-state index is 12.3. The molecule has 0 unspecified atom stereocenters. The largest absolute Gasteiger partial charge is 0.489 e. The third kappa shape index (κ3) is 15.7. The highest BCUT2D eigenvalue weighted by atomic mass is 127. The minimum atomic E-state index is -0.352. The summed E-state index contributed by atoms with van der Waals surface area (Å²) in [7, 11) is 6.18. The Hall–Kier alpha value is -11.1. The van der Waals surface area contributed by atoms with Crippen LogP contribution in [0.5, 0.6) is 23.0 Å². The first-order valence-electron chi connectivity index (χ1n) is 31.8. The van der Waals surface area contributed by atoms with Gasteiger partial charge < -0.3 is 18.9 Å². The van der Waals surface area contributed by atoms with Crippen LogP contribution in [0.25, 0.3) is 22.7 Å². The molecule has 8 heterocycles. The molecule has 488 valence electrons. The van der Waals surface area contributed by atoms with Gasteiger partial charge in [0, 0.05) is 78.8 Å². The van der Waals surface area contributed by atoms with Crippen LogP contribution in [0.15, 0.2) is 166 Å². The van der Waals surface area contributed by atoms with E-state index in [9.17, 15) is 19.2 Å². The zero-order chi connectivity index (χ0) is 70.8. The van der Waals surface area contributed by atoms with Crippen LogP contribution in [-0.4, -0.2) is 99.1 Å². The fraction of sp³-hybridized carbons (Fsp3) is 0.273. The average Bonchev–Trinajstić information content (AvgIpc) is 1.68. The van der Waals surface area contributed by atoms with E-state index in [-0.39, 0.29) is 42.6 Å². The molecule has 0 radical (unpaired) electrons. The van der Waals surface area contributed by atoms with Crippen LogP contribution in [0.2, 0.25) is 0 Å². The third-order valence-electron chi connectivity index (χ3n) is 15.2. The van der Waals surface area contributed by atoms with Gasteiger partial charge in [0.05, 0.1) is 53.0 Å². The SMILES string of the molecule is [3H]c1ccc(OCc2c(C)cncc2-n2nnn(C)c2=O)c(C)c1.[3H]c1ccc(OCc2c(C3CC3)cncc2-n2nnn(C)c2=O)c(C)c1.[3H]c1ccc(OCc2c(CC)cncc2-n2nnn(C)c2=O)c(C)c1.[3H]c1ccc(OCc2c(I)cncc2-n2nnn(C)c2=O)c(C)c1. The lowest BCUT2D eigenvalue weighted by Crippen LogP contribution is -2.23. The van der Waals surface area contributed by atoms with E-state index in [1.807, 2.05) is 47.7 Å². The van der Waals surface area contributed by atoms with E-state index in [1.54, 1.807) is 130 Å². The highest BCUT2D eigenvalue weighted by Crippen LogP contribution is 2.43. The number of benzene rings is 4. The molecule has 8 aromatic heterocycles. The van der Waals surface area contributed by atoms with Gasteiger partial charge in [-0.25, -0.2) is 19.2 Å². The second-order valence-corrected chi connectivity index (χ2v) is 23.0. The number of pyridine rings is 4. The molecule has 1 aliphatic carbocycles. The fourth-order valence-electron chi connectivity index (χ4n) is 9.58. The molecule has 95 heavy (non-hydrogen) atoms. The van der Waals surface area contributed by atoms with Gasteiger partial charge >= 0.3 is 22.8 Å². The summed E-state index contributed by atoms with van der Waals surface area (Å²) in [5.41, 5.74) is 10.7. The summed E-state index contributed by atoms with van der Waals surface area (Å²) >= 11 is 2.15. The van der Waals surface area contributed by atoms with Gasteiger partial charge in [0.1, 0.15) is 49.4 Å². The summed E-state index contributed by atoms with van der Waals surface area (Å²) in [6.07, 6.45) is 16.4. The highest BCUT2D eigenvalue weighted by molar-refractivity contribution is 14.1. The van der Waals surface area contributed by atoms with E-state index >= 15 is 0 Å². The van der Waals surface area contributed by atoms with Gasteiger partial charge in [0.25, 0.3) is 0 Å². The quantitative estimate of drug-likeness (QED) is 0.0758. The average molecular weight is 1410 g/mol. The van der Waals surface area contributed by atoms with Crippen molar-refractivity contribution in [3.8, 4) is 45.7 Å². The molecule has 0 N–H and O–H groups in total. The van der Waals surface area contributed by atoms with Crippen LogP contribution in [0.4, 0.5) is 0 Å². The molecule has 0 atom stereocenters. The van der Waals surface area contributed by atoms with Crippen LogP contribution < -0.4 is 41.7 Å². The first-order chi connectivity index (χ1) is 47.5. The monoisotopic (exact) mass is 1400 g/mol. The molecule has 0 saturated heterocycles. The Morgan fingerprint density at radius 3 is 1.11 bits per heavy atom. The number of nitrogens with zero attached hydrogens (tertiary/aromatic N) is 20. The van der Waals surface area contributed by atoms with E-state index in [1.165, 1.54) is 42.2 Å². The van der Waals surface area contributed by atoms with Crippen LogP contribution >= 0.6 is 22.6 Å².